The Kier molecular flexibility index (Phi) is 4.06. The number of fused-ring (bicyclic) bond motifs is 1. The molecule has 4 nitrogen and oxygen atoms in total. The molecular formula is C17H13F3N2O2. The van der Waals surface area contributed by atoms with Gasteiger partial charge in [0.2, 0.25) is 0 Å². The van der Waals surface area contributed by atoms with Crippen LogP contribution in [0.3, 0.4) is 0 Å². The number of rotatable bonds is 1. The maximum Gasteiger partial charge on any atom is 0.416 e. The van der Waals surface area contributed by atoms with Crippen LogP contribution >= 0.6 is 0 Å². The summed E-state index contributed by atoms with van der Waals surface area (Å²) in [5.74, 6) is 5.41. The van der Waals surface area contributed by atoms with Gasteiger partial charge in [-0.3, -0.25) is 4.79 Å². The molecule has 1 aliphatic rings. The van der Waals surface area contributed by atoms with Gasteiger partial charge in [-0.15, -0.1) is 0 Å². The van der Waals surface area contributed by atoms with Crippen molar-refractivity contribution in [3.05, 3.63) is 41.2 Å². The van der Waals surface area contributed by atoms with E-state index in [-0.39, 0.29) is 12.5 Å². The largest absolute Gasteiger partial charge is 0.416 e. The standard InChI is InChI=1S/C17H13F3N2O2/c1-2-3-15(23)22-9-8-14-13(10-22)16(21-24-14)11-4-6-12(7-5-11)17(18,19)20/h4-7H,8-10H2,1H3. The first-order valence-electron chi connectivity index (χ1n) is 7.27. The van der Waals surface area contributed by atoms with Gasteiger partial charge in [-0.2, -0.15) is 13.2 Å². The van der Waals surface area contributed by atoms with Crippen molar-refractivity contribution >= 4 is 5.91 Å². The number of benzene rings is 1. The molecule has 2 aromatic rings. The van der Waals surface area contributed by atoms with Gasteiger partial charge in [0.25, 0.3) is 5.91 Å². The van der Waals surface area contributed by atoms with Crippen LogP contribution in [0.5, 0.6) is 0 Å². The molecule has 0 atom stereocenters. The second-order valence-electron chi connectivity index (χ2n) is 5.36. The molecule has 24 heavy (non-hydrogen) atoms. The molecule has 0 saturated heterocycles. The lowest BCUT2D eigenvalue weighted by Crippen LogP contribution is -2.34. The summed E-state index contributed by atoms with van der Waals surface area (Å²) in [4.78, 5) is 13.5. The number of hydrogen-bond donors (Lipinski definition) is 0. The van der Waals surface area contributed by atoms with Gasteiger partial charge in [-0.25, -0.2) is 0 Å². The summed E-state index contributed by atoms with van der Waals surface area (Å²) >= 11 is 0. The fourth-order valence-corrected chi connectivity index (χ4v) is 2.61. The summed E-state index contributed by atoms with van der Waals surface area (Å²) in [7, 11) is 0. The number of amides is 1. The second-order valence-corrected chi connectivity index (χ2v) is 5.36. The average Bonchev–Trinajstić information content (AvgIpc) is 2.97. The first-order valence-corrected chi connectivity index (χ1v) is 7.27. The molecule has 0 aliphatic carbocycles. The van der Waals surface area contributed by atoms with Crippen molar-refractivity contribution in [3.8, 4) is 23.1 Å². The van der Waals surface area contributed by atoms with E-state index in [0.29, 0.717) is 35.5 Å². The number of aromatic nitrogens is 1. The molecule has 2 heterocycles. The molecule has 1 aliphatic heterocycles. The van der Waals surface area contributed by atoms with Crippen molar-refractivity contribution < 1.29 is 22.5 Å². The Morgan fingerprint density at radius 2 is 2.00 bits per heavy atom. The monoisotopic (exact) mass is 334 g/mol. The summed E-state index contributed by atoms with van der Waals surface area (Å²) in [6, 6.07) is 4.72. The molecular weight excluding hydrogens is 321 g/mol. The van der Waals surface area contributed by atoms with Gasteiger partial charge in [0, 0.05) is 24.1 Å². The molecule has 0 N–H and O–H groups in total. The minimum Gasteiger partial charge on any atom is -0.360 e. The molecule has 0 unspecified atom stereocenters. The van der Waals surface area contributed by atoms with Gasteiger partial charge in [-0.05, 0) is 25.0 Å². The predicted octanol–water partition coefficient (Wildman–Crippen LogP) is 3.27. The van der Waals surface area contributed by atoms with Crippen molar-refractivity contribution in [2.45, 2.75) is 26.1 Å². The first-order chi connectivity index (χ1) is 11.4. The highest BCUT2D eigenvalue weighted by Gasteiger charge is 2.31. The van der Waals surface area contributed by atoms with Gasteiger partial charge in [-0.1, -0.05) is 23.2 Å². The van der Waals surface area contributed by atoms with E-state index in [1.54, 1.807) is 11.8 Å². The lowest BCUT2D eigenvalue weighted by Gasteiger charge is -2.24. The minimum atomic E-state index is -4.39. The van der Waals surface area contributed by atoms with Crippen LogP contribution in [-0.4, -0.2) is 22.5 Å². The zero-order chi connectivity index (χ0) is 17.3. The Bertz CT molecular complexity index is 826. The van der Waals surface area contributed by atoms with E-state index in [2.05, 4.69) is 17.0 Å². The quantitative estimate of drug-likeness (QED) is 0.752. The first kappa shape index (κ1) is 16.1. The van der Waals surface area contributed by atoms with E-state index in [1.165, 1.54) is 12.1 Å². The molecule has 0 radical (unpaired) electrons. The molecule has 0 spiro atoms. The average molecular weight is 334 g/mol. The SMILES string of the molecule is CC#CC(=O)N1CCc2onc(-c3ccc(C(F)(F)F)cc3)c2C1. The molecule has 3 rings (SSSR count). The maximum atomic E-state index is 12.7. The van der Waals surface area contributed by atoms with Gasteiger partial charge in [0.15, 0.2) is 0 Å². The highest BCUT2D eigenvalue weighted by Crippen LogP contribution is 2.33. The molecule has 0 fully saturated rings. The van der Waals surface area contributed by atoms with E-state index in [9.17, 15) is 18.0 Å². The van der Waals surface area contributed by atoms with Gasteiger partial charge in [0.1, 0.15) is 11.5 Å². The highest BCUT2D eigenvalue weighted by atomic mass is 19.4. The Morgan fingerprint density at radius 3 is 2.62 bits per heavy atom. The predicted molar refractivity (Wildman–Crippen MR) is 79.5 cm³/mol. The number of carbonyl (C=O) groups is 1. The van der Waals surface area contributed by atoms with Crippen molar-refractivity contribution in [3.63, 3.8) is 0 Å². The van der Waals surface area contributed by atoms with E-state index in [4.69, 9.17) is 4.52 Å². The zero-order valence-corrected chi connectivity index (χ0v) is 12.8. The molecule has 1 amide bonds. The van der Waals surface area contributed by atoms with Crippen molar-refractivity contribution in [1.82, 2.24) is 10.1 Å². The summed E-state index contributed by atoms with van der Waals surface area (Å²) in [6.07, 6.45) is -3.88. The Hall–Kier alpha value is -2.75. The molecule has 0 bridgehead atoms. The van der Waals surface area contributed by atoms with Crippen LogP contribution in [0.15, 0.2) is 28.8 Å². The van der Waals surface area contributed by atoms with Crippen LogP contribution in [0.1, 0.15) is 23.8 Å². The molecule has 7 heteroatoms. The summed E-state index contributed by atoms with van der Waals surface area (Å²) in [5.41, 5.74) is 0.968. The van der Waals surface area contributed by atoms with Crippen LogP contribution < -0.4 is 0 Å². The van der Waals surface area contributed by atoms with Crippen LogP contribution in [-0.2, 0) is 23.9 Å². The lowest BCUT2D eigenvalue weighted by atomic mass is 10.0. The van der Waals surface area contributed by atoms with Crippen LogP contribution in [0.25, 0.3) is 11.3 Å². The molecule has 1 aromatic heterocycles. The number of halogens is 3. The smallest absolute Gasteiger partial charge is 0.360 e. The maximum absolute atomic E-state index is 12.7. The third-order valence-corrected chi connectivity index (χ3v) is 3.83. The third-order valence-electron chi connectivity index (χ3n) is 3.83. The molecule has 0 saturated carbocycles. The lowest BCUT2D eigenvalue weighted by molar-refractivity contribution is -0.137. The summed E-state index contributed by atoms with van der Waals surface area (Å²) in [5, 5.41) is 3.97. The van der Waals surface area contributed by atoms with E-state index >= 15 is 0 Å². The van der Waals surface area contributed by atoms with E-state index in [1.807, 2.05) is 0 Å². The summed E-state index contributed by atoms with van der Waals surface area (Å²) in [6.45, 7) is 2.34. The fraction of sp³-hybridized carbons (Fsp3) is 0.294. The molecule has 1 aromatic carbocycles. The van der Waals surface area contributed by atoms with Gasteiger partial charge < -0.3 is 9.42 Å². The minimum absolute atomic E-state index is 0.280. The van der Waals surface area contributed by atoms with Crippen LogP contribution in [0.4, 0.5) is 13.2 Å². The number of carbonyl (C=O) groups excluding carboxylic acids is 1. The summed E-state index contributed by atoms with van der Waals surface area (Å²) < 4.78 is 43.3. The highest BCUT2D eigenvalue weighted by molar-refractivity contribution is 5.93. The van der Waals surface area contributed by atoms with Gasteiger partial charge in [0.05, 0.1) is 12.1 Å². The number of hydrogen-bond acceptors (Lipinski definition) is 3. The second kappa shape index (κ2) is 6.04. The van der Waals surface area contributed by atoms with Crippen molar-refractivity contribution in [1.29, 1.82) is 0 Å². The van der Waals surface area contributed by atoms with Crippen LogP contribution in [0.2, 0.25) is 0 Å². The Labute approximate surface area is 136 Å². The van der Waals surface area contributed by atoms with Crippen molar-refractivity contribution in [2.75, 3.05) is 6.54 Å². The Balaban J connectivity index is 1.90. The zero-order valence-electron chi connectivity index (χ0n) is 12.8. The van der Waals surface area contributed by atoms with Crippen molar-refractivity contribution in [2.24, 2.45) is 0 Å². The number of nitrogens with zero attached hydrogens (tertiary/aromatic N) is 2. The molecule has 124 valence electrons. The van der Waals surface area contributed by atoms with Crippen LogP contribution in [0, 0.1) is 11.8 Å². The number of alkyl halides is 3. The Morgan fingerprint density at radius 1 is 1.29 bits per heavy atom. The fourth-order valence-electron chi connectivity index (χ4n) is 2.61. The third kappa shape index (κ3) is 3.00. The van der Waals surface area contributed by atoms with E-state index in [0.717, 1.165) is 12.1 Å². The topological polar surface area (TPSA) is 46.3 Å². The van der Waals surface area contributed by atoms with Gasteiger partial charge >= 0.3 is 6.18 Å². The normalized spacial score (nSPS) is 13.9. The van der Waals surface area contributed by atoms with E-state index < -0.39 is 11.7 Å².